The Balaban J connectivity index is 1.59. The number of fused-ring (bicyclic) bond motifs is 1. The summed E-state index contributed by atoms with van der Waals surface area (Å²) in [5.41, 5.74) is 0.0980. The van der Waals surface area contributed by atoms with Crippen LogP contribution < -0.4 is 10.2 Å². The number of amides is 2. The van der Waals surface area contributed by atoms with Crippen LogP contribution in [0.1, 0.15) is 47.9 Å². The number of halogens is 3. The zero-order valence-corrected chi connectivity index (χ0v) is 19.1. The summed E-state index contributed by atoms with van der Waals surface area (Å²) in [6.07, 6.45) is -1.53. The van der Waals surface area contributed by atoms with Crippen molar-refractivity contribution in [3.63, 3.8) is 0 Å². The number of carbonyl (C=O) groups is 2. The van der Waals surface area contributed by atoms with Crippen molar-refractivity contribution < 1.29 is 22.8 Å². The highest BCUT2D eigenvalue weighted by Crippen LogP contribution is 2.29. The molecule has 0 unspecified atom stereocenters. The van der Waals surface area contributed by atoms with E-state index in [-0.39, 0.29) is 17.2 Å². The summed E-state index contributed by atoms with van der Waals surface area (Å²) >= 11 is 0. The minimum Gasteiger partial charge on any atom is -0.352 e. The molecular weight excluding hydrogens is 449 g/mol. The van der Waals surface area contributed by atoms with E-state index in [1.807, 2.05) is 4.90 Å². The second kappa shape index (κ2) is 9.32. The lowest BCUT2D eigenvalue weighted by molar-refractivity contribution is -0.129. The molecule has 0 aliphatic carbocycles. The van der Waals surface area contributed by atoms with Gasteiger partial charge in [-0.15, -0.1) is 0 Å². The molecule has 0 radical (unpaired) electrons. The Morgan fingerprint density at radius 2 is 1.76 bits per heavy atom. The SMILES string of the molecule is CC(=O)N1CCN(c2ncnc3c2cc(C(=O)N[C@H](C)c2cccc(C(F)F)c2F)n3C)CC1. The summed E-state index contributed by atoms with van der Waals surface area (Å²) in [5.74, 6) is -0.843. The average Bonchev–Trinajstić information content (AvgIpc) is 3.15. The van der Waals surface area contributed by atoms with E-state index in [1.54, 1.807) is 22.6 Å². The maximum Gasteiger partial charge on any atom is 0.268 e. The van der Waals surface area contributed by atoms with Crippen LogP contribution in [-0.4, -0.2) is 57.4 Å². The topological polar surface area (TPSA) is 83.4 Å². The van der Waals surface area contributed by atoms with Gasteiger partial charge in [0.2, 0.25) is 5.91 Å². The first-order chi connectivity index (χ1) is 16.2. The monoisotopic (exact) mass is 474 g/mol. The van der Waals surface area contributed by atoms with Crippen LogP contribution in [0.2, 0.25) is 0 Å². The number of aryl methyl sites for hydroxylation is 1. The van der Waals surface area contributed by atoms with Gasteiger partial charge in [-0.2, -0.15) is 0 Å². The molecule has 1 aliphatic heterocycles. The maximum absolute atomic E-state index is 14.5. The minimum atomic E-state index is -2.95. The van der Waals surface area contributed by atoms with Crippen LogP contribution in [0.25, 0.3) is 11.0 Å². The Labute approximate surface area is 194 Å². The van der Waals surface area contributed by atoms with Crippen LogP contribution in [0.4, 0.5) is 19.0 Å². The van der Waals surface area contributed by atoms with Gasteiger partial charge in [0.1, 0.15) is 29.3 Å². The lowest BCUT2D eigenvalue weighted by Gasteiger charge is -2.35. The van der Waals surface area contributed by atoms with E-state index >= 15 is 0 Å². The van der Waals surface area contributed by atoms with Gasteiger partial charge < -0.3 is 19.7 Å². The maximum atomic E-state index is 14.5. The molecule has 0 spiro atoms. The Bertz CT molecular complexity index is 1240. The van der Waals surface area contributed by atoms with Crippen LogP contribution >= 0.6 is 0 Å². The van der Waals surface area contributed by atoms with Crippen molar-refractivity contribution in [2.75, 3.05) is 31.1 Å². The summed E-state index contributed by atoms with van der Waals surface area (Å²) < 4.78 is 42.2. The van der Waals surface area contributed by atoms with Gasteiger partial charge >= 0.3 is 0 Å². The number of anilines is 1. The fraction of sp³-hybridized carbons (Fsp3) is 0.391. The molecule has 0 bridgehead atoms. The predicted molar refractivity (Wildman–Crippen MR) is 120 cm³/mol. The lowest BCUT2D eigenvalue weighted by Crippen LogP contribution is -2.48. The van der Waals surface area contributed by atoms with E-state index < -0.39 is 29.8 Å². The molecule has 1 fully saturated rings. The fourth-order valence-corrected chi connectivity index (χ4v) is 4.24. The Kier molecular flexibility index (Phi) is 6.45. The molecule has 2 amide bonds. The zero-order valence-electron chi connectivity index (χ0n) is 19.1. The normalized spacial score (nSPS) is 15.1. The quantitative estimate of drug-likeness (QED) is 0.614. The first-order valence-electron chi connectivity index (χ1n) is 10.9. The second-order valence-corrected chi connectivity index (χ2v) is 8.26. The smallest absolute Gasteiger partial charge is 0.268 e. The number of carbonyl (C=O) groups excluding carboxylic acids is 2. The van der Waals surface area contributed by atoms with E-state index in [2.05, 4.69) is 15.3 Å². The summed E-state index contributed by atoms with van der Waals surface area (Å²) in [4.78, 5) is 37.2. The molecule has 4 rings (SSSR count). The number of nitrogens with one attached hydrogen (secondary N) is 1. The van der Waals surface area contributed by atoms with Crippen molar-refractivity contribution in [2.24, 2.45) is 7.05 Å². The van der Waals surface area contributed by atoms with Crippen molar-refractivity contribution in [2.45, 2.75) is 26.3 Å². The highest BCUT2D eigenvalue weighted by Gasteiger charge is 2.25. The minimum absolute atomic E-state index is 0.0197. The van der Waals surface area contributed by atoms with E-state index in [0.717, 1.165) is 6.07 Å². The molecule has 1 N–H and O–H groups in total. The largest absolute Gasteiger partial charge is 0.352 e. The van der Waals surface area contributed by atoms with E-state index in [1.165, 1.54) is 32.3 Å². The van der Waals surface area contributed by atoms with Crippen molar-refractivity contribution in [3.05, 3.63) is 53.2 Å². The van der Waals surface area contributed by atoms with Crippen LogP contribution in [0.5, 0.6) is 0 Å². The standard InChI is InChI=1S/C23H25F3N6O2/c1-13(15-5-4-6-16(19(15)24)20(25)26)29-23(34)18-11-17-21(30(18)3)27-12-28-22(17)32-9-7-31(8-10-32)14(2)33/h4-6,11-13,20H,7-10H2,1-3H3,(H,29,34)/t13-/m1/s1. The Morgan fingerprint density at radius 1 is 1.09 bits per heavy atom. The number of hydrogen-bond donors (Lipinski definition) is 1. The number of rotatable bonds is 5. The molecule has 1 saturated heterocycles. The van der Waals surface area contributed by atoms with Gasteiger partial charge in [0.25, 0.3) is 12.3 Å². The van der Waals surface area contributed by atoms with E-state index in [9.17, 15) is 22.8 Å². The first-order valence-corrected chi connectivity index (χ1v) is 10.9. The highest BCUT2D eigenvalue weighted by atomic mass is 19.3. The highest BCUT2D eigenvalue weighted by molar-refractivity contribution is 6.00. The zero-order chi connectivity index (χ0) is 24.6. The van der Waals surface area contributed by atoms with Gasteiger partial charge in [0.05, 0.1) is 17.0 Å². The van der Waals surface area contributed by atoms with Gasteiger partial charge in [-0.05, 0) is 13.0 Å². The molecule has 180 valence electrons. The van der Waals surface area contributed by atoms with Gasteiger partial charge in [0.15, 0.2) is 0 Å². The van der Waals surface area contributed by atoms with Crippen LogP contribution in [0.3, 0.4) is 0 Å². The number of aromatic nitrogens is 3. The van der Waals surface area contributed by atoms with Crippen molar-refractivity contribution in [1.29, 1.82) is 0 Å². The number of nitrogens with zero attached hydrogens (tertiary/aromatic N) is 5. The summed E-state index contributed by atoms with van der Waals surface area (Å²) in [6, 6.07) is 4.56. The van der Waals surface area contributed by atoms with Crippen LogP contribution in [0.15, 0.2) is 30.6 Å². The molecule has 2 aromatic heterocycles. The molecular formula is C23H25F3N6O2. The number of alkyl halides is 2. The van der Waals surface area contributed by atoms with E-state index in [0.29, 0.717) is 43.0 Å². The fourth-order valence-electron chi connectivity index (χ4n) is 4.24. The number of hydrogen-bond acceptors (Lipinski definition) is 5. The Morgan fingerprint density at radius 3 is 2.41 bits per heavy atom. The van der Waals surface area contributed by atoms with Crippen LogP contribution in [0, 0.1) is 5.82 Å². The first kappa shape index (κ1) is 23.5. The third-order valence-electron chi connectivity index (χ3n) is 6.17. The summed E-state index contributed by atoms with van der Waals surface area (Å²) in [7, 11) is 1.68. The number of benzene rings is 1. The van der Waals surface area contributed by atoms with E-state index in [4.69, 9.17) is 0 Å². The second-order valence-electron chi connectivity index (χ2n) is 8.26. The van der Waals surface area contributed by atoms with Gasteiger partial charge in [-0.3, -0.25) is 9.59 Å². The van der Waals surface area contributed by atoms with Crippen molar-refractivity contribution in [1.82, 2.24) is 24.8 Å². The molecule has 3 aromatic rings. The van der Waals surface area contributed by atoms with Gasteiger partial charge in [-0.1, -0.05) is 18.2 Å². The average molecular weight is 474 g/mol. The number of piperazine rings is 1. The van der Waals surface area contributed by atoms with Crippen LogP contribution in [-0.2, 0) is 11.8 Å². The van der Waals surface area contributed by atoms with Crippen molar-refractivity contribution in [3.8, 4) is 0 Å². The summed E-state index contributed by atoms with van der Waals surface area (Å²) in [5, 5.41) is 3.36. The molecule has 1 atom stereocenters. The summed E-state index contributed by atoms with van der Waals surface area (Å²) in [6.45, 7) is 5.41. The van der Waals surface area contributed by atoms with Crippen molar-refractivity contribution >= 4 is 28.7 Å². The molecule has 1 aromatic carbocycles. The van der Waals surface area contributed by atoms with Gasteiger partial charge in [-0.25, -0.2) is 23.1 Å². The molecule has 34 heavy (non-hydrogen) atoms. The lowest BCUT2D eigenvalue weighted by atomic mass is 10.0. The molecule has 3 heterocycles. The third-order valence-corrected chi connectivity index (χ3v) is 6.17. The molecule has 8 nitrogen and oxygen atoms in total. The third kappa shape index (κ3) is 4.29. The molecule has 11 heteroatoms. The Hall–Kier alpha value is -3.63. The van der Waals surface area contributed by atoms with Gasteiger partial charge in [0, 0.05) is 45.7 Å². The predicted octanol–water partition coefficient (Wildman–Crippen LogP) is 3.20. The molecule has 1 aliphatic rings. The molecule has 0 saturated carbocycles.